The molecule has 2 heterocycles. The van der Waals surface area contributed by atoms with Crippen LogP contribution in [0.3, 0.4) is 0 Å². The van der Waals surface area contributed by atoms with Gasteiger partial charge in [0, 0.05) is 25.4 Å². The fourth-order valence-electron chi connectivity index (χ4n) is 1.44. The molecule has 0 aromatic carbocycles. The largest absolute Gasteiger partial charge is 0.354 e. The summed E-state index contributed by atoms with van der Waals surface area (Å²) in [4.78, 5) is 15.9. The lowest BCUT2D eigenvalue weighted by Gasteiger charge is -2.35. The molecule has 0 unspecified atom stereocenters. The Balaban J connectivity index is 2.14. The third-order valence-electron chi connectivity index (χ3n) is 2.33. The lowest BCUT2D eigenvalue weighted by atomic mass is 10.0. The molecular weight excluding hydrogens is 196 g/mol. The molecule has 1 fully saturated rings. The molecule has 15 heavy (non-hydrogen) atoms. The molecule has 1 aliphatic rings. The summed E-state index contributed by atoms with van der Waals surface area (Å²) in [6, 6.07) is 4.91. The Morgan fingerprint density at radius 1 is 1.67 bits per heavy atom. The van der Waals surface area contributed by atoms with Gasteiger partial charge in [0.15, 0.2) is 0 Å². The van der Waals surface area contributed by atoms with Crippen molar-refractivity contribution in [2.75, 3.05) is 18.0 Å². The molecule has 0 atom stereocenters. The maximum Gasteiger partial charge on any atom is 0.274 e. The number of nitriles is 1. The highest BCUT2D eigenvalue weighted by atomic mass is 16.6. The third kappa shape index (κ3) is 1.72. The number of aromatic nitrogens is 1. The van der Waals surface area contributed by atoms with Crippen LogP contribution in [-0.4, -0.2) is 23.0 Å². The summed E-state index contributed by atoms with van der Waals surface area (Å²) in [5.41, 5.74) is 0.0282. The van der Waals surface area contributed by atoms with Gasteiger partial charge in [-0.25, -0.2) is 4.98 Å². The van der Waals surface area contributed by atoms with Gasteiger partial charge in [-0.1, -0.05) is 0 Å². The van der Waals surface area contributed by atoms with Crippen LogP contribution in [0.5, 0.6) is 0 Å². The highest BCUT2D eigenvalue weighted by molar-refractivity contribution is 5.49. The third-order valence-corrected chi connectivity index (χ3v) is 2.33. The minimum absolute atomic E-state index is 0.0195. The van der Waals surface area contributed by atoms with Gasteiger partial charge in [0.05, 0.1) is 23.0 Å². The molecule has 1 aliphatic heterocycles. The van der Waals surface area contributed by atoms with Gasteiger partial charge in [-0.15, -0.1) is 0 Å². The first-order chi connectivity index (χ1) is 7.20. The molecular formula is C9H8N4O2. The highest BCUT2D eigenvalue weighted by Gasteiger charge is 2.28. The molecule has 0 radical (unpaired) electrons. The van der Waals surface area contributed by atoms with E-state index in [0.29, 0.717) is 18.9 Å². The monoisotopic (exact) mass is 204 g/mol. The zero-order valence-electron chi connectivity index (χ0n) is 7.83. The molecule has 6 nitrogen and oxygen atoms in total. The number of rotatable bonds is 2. The van der Waals surface area contributed by atoms with Gasteiger partial charge < -0.3 is 4.90 Å². The summed E-state index contributed by atoms with van der Waals surface area (Å²) in [5, 5.41) is 19.1. The second-order valence-electron chi connectivity index (χ2n) is 3.36. The zero-order valence-corrected chi connectivity index (χ0v) is 7.83. The van der Waals surface area contributed by atoms with E-state index in [1.165, 1.54) is 18.3 Å². The molecule has 76 valence electrons. The van der Waals surface area contributed by atoms with E-state index >= 15 is 0 Å². The second-order valence-corrected chi connectivity index (χ2v) is 3.36. The van der Waals surface area contributed by atoms with Crippen molar-refractivity contribution in [2.24, 2.45) is 5.92 Å². The van der Waals surface area contributed by atoms with Crippen LogP contribution in [0.2, 0.25) is 0 Å². The average Bonchev–Trinajstić information content (AvgIpc) is 2.16. The van der Waals surface area contributed by atoms with Gasteiger partial charge in [0.25, 0.3) is 5.69 Å². The van der Waals surface area contributed by atoms with Crippen LogP contribution in [0.1, 0.15) is 0 Å². The van der Waals surface area contributed by atoms with Crippen LogP contribution in [0.15, 0.2) is 18.3 Å². The normalized spacial score (nSPS) is 15.5. The number of pyridine rings is 1. The summed E-state index contributed by atoms with van der Waals surface area (Å²) in [6.07, 6.45) is 1.41. The van der Waals surface area contributed by atoms with E-state index in [1.54, 1.807) is 0 Å². The van der Waals surface area contributed by atoms with E-state index in [9.17, 15) is 10.1 Å². The van der Waals surface area contributed by atoms with Crippen molar-refractivity contribution in [1.82, 2.24) is 4.98 Å². The molecule has 0 saturated carbocycles. The van der Waals surface area contributed by atoms with Crippen molar-refractivity contribution in [3.8, 4) is 6.07 Å². The number of nitro groups is 1. The van der Waals surface area contributed by atoms with E-state index in [-0.39, 0.29) is 11.6 Å². The SMILES string of the molecule is N#CC1CN(c2cc([N+](=O)[O-])ccn2)C1. The van der Waals surface area contributed by atoms with Gasteiger partial charge >= 0.3 is 0 Å². The molecule has 6 heteroatoms. The minimum Gasteiger partial charge on any atom is -0.354 e. The van der Waals surface area contributed by atoms with Gasteiger partial charge in [0.1, 0.15) is 5.82 Å². The van der Waals surface area contributed by atoms with E-state index < -0.39 is 4.92 Å². The summed E-state index contributed by atoms with van der Waals surface area (Å²) in [6.45, 7) is 1.20. The molecule has 0 spiro atoms. The van der Waals surface area contributed by atoms with Gasteiger partial charge in [-0.3, -0.25) is 10.1 Å². The highest BCUT2D eigenvalue weighted by Crippen LogP contribution is 2.24. The van der Waals surface area contributed by atoms with Crippen LogP contribution in [0.25, 0.3) is 0 Å². The first-order valence-corrected chi connectivity index (χ1v) is 4.45. The predicted molar refractivity (Wildman–Crippen MR) is 52.2 cm³/mol. The van der Waals surface area contributed by atoms with E-state index in [0.717, 1.165) is 0 Å². The summed E-state index contributed by atoms with van der Waals surface area (Å²) >= 11 is 0. The first kappa shape index (κ1) is 9.40. The predicted octanol–water partition coefficient (Wildman–Crippen LogP) is 0.950. The number of hydrogen-bond donors (Lipinski definition) is 0. The number of hydrogen-bond acceptors (Lipinski definition) is 5. The van der Waals surface area contributed by atoms with Crippen LogP contribution in [-0.2, 0) is 0 Å². The van der Waals surface area contributed by atoms with Crippen LogP contribution < -0.4 is 4.90 Å². The number of anilines is 1. The van der Waals surface area contributed by atoms with E-state index in [1.807, 2.05) is 4.90 Å². The van der Waals surface area contributed by atoms with E-state index in [4.69, 9.17) is 5.26 Å². The first-order valence-electron chi connectivity index (χ1n) is 4.45. The second kappa shape index (κ2) is 3.53. The van der Waals surface area contributed by atoms with Crippen molar-refractivity contribution in [3.63, 3.8) is 0 Å². The molecule has 0 amide bonds. The quantitative estimate of drug-likeness (QED) is 0.529. The Bertz CT molecular complexity index is 434. The van der Waals surface area contributed by atoms with Crippen molar-refractivity contribution < 1.29 is 4.92 Å². The smallest absolute Gasteiger partial charge is 0.274 e. The fourth-order valence-corrected chi connectivity index (χ4v) is 1.44. The van der Waals surface area contributed by atoms with Crippen molar-refractivity contribution in [1.29, 1.82) is 5.26 Å². The molecule has 1 aromatic heterocycles. The Morgan fingerprint density at radius 2 is 2.40 bits per heavy atom. The van der Waals surface area contributed by atoms with Crippen molar-refractivity contribution >= 4 is 11.5 Å². The number of nitrogens with zero attached hydrogens (tertiary/aromatic N) is 4. The molecule has 1 saturated heterocycles. The summed E-state index contributed by atoms with van der Waals surface area (Å²) in [7, 11) is 0. The molecule has 0 aliphatic carbocycles. The summed E-state index contributed by atoms with van der Waals surface area (Å²) < 4.78 is 0. The Kier molecular flexibility index (Phi) is 2.21. The Hall–Kier alpha value is -2.16. The zero-order chi connectivity index (χ0) is 10.8. The Labute approximate surface area is 85.9 Å². The minimum atomic E-state index is -0.452. The molecule has 2 rings (SSSR count). The lowest BCUT2D eigenvalue weighted by molar-refractivity contribution is -0.384. The maximum absolute atomic E-state index is 10.5. The van der Waals surface area contributed by atoms with Crippen LogP contribution in [0, 0.1) is 27.4 Å². The maximum atomic E-state index is 10.5. The molecule has 0 N–H and O–H groups in total. The summed E-state index contributed by atoms with van der Waals surface area (Å²) in [5.74, 6) is 0.585. The van der Waals surface area contributed by atoms with Gasteiger partial charge in [-0.2, -0.15) is 5.26 Å². The fraction of sp³-hybridized carbons (Fsp3) is 0.333. The van der Waals surface area contributed by atoms with Crippen LogP contribution >= 0.6 is 0 Å². The van der Waals surface area contributed by atoms with Crippen molar-refractivity contribution in [2.45, 2.75) is 0 Å². The average molecular weight is 204 g/mol. The molecule has 1 aromatic rings. The lowest BCUT2D eigenvalue weighted by Crippen LogP contribution is -2.46. The standard InChI is InChI=1S/C9H8N4O2/c10-4-7-5-12(6-7)9-3-8(13(14)15)1-2-11-9/h1-3,7H,5-6H2. The van der Waals surface area contributed by atoms with Gasteiger partial charge in [-0.05, 0) is 0 Å². The van der Waals surface area contributed by atoms with Crippen LogP contribution in [0.4, 0.5) is 11.5 Å². The topological polar surface area (TPSA) is 83.1 Å². The Morgan fingerprint density at radius 3 is 3.00 bits per heavy atom. The van der Waals surface area contributed by atoms with Gasteiger partial charge in [0.2, 0.25) is 0 Å². The molecule has 0 bridgehead atoms. The van der Waals surface area contributed by atoms with E-state index in [2.05, 4.69) is 11.1 Å². The van der Waals surface area contributed by atoms with Crippen molar-refractivity contribution in [3.05, 3.63) is 28.4 Å².